The largest absolute Gasteiger partial charge is 0.497 e. The van der Waals surface area contributed by atoms with Crippen molar-refractivity contribution in [3.8, 4) is 11.5 Å². The van der Waals surface area contributed by atoms with Gasteiger partial charge in [-0.05, 0) is 43.7 Å². The number of benzene rings is 1. The van der Waals surface area contributed by atoms with E-state index >= 15 is 0 Å². The molecule has 6 heteroatoms. The summed E-state index contributed by atoms with van der Waals surface area (Å²) >= 11 is 0. The summed E-state index contributed by atoms with van der Waals surface area (Å²) in [5.74, 6) is 1.63. The topological polar surface area (TPSA) is 75.2 Å². The van der Waals surface area contributed by atoms with Gasteiger partial charge in [-0.1, -0.05) is 5.21 Å². The number of hydrogen-bond donors (Lipinski definition) is 1. The molecule has 0 aliphatic carbocycles. The summed E-state index contributed by atoms with van der Waals surface area (Å²) < 4.78 is 12.5. The van der Waals surface area contributed by atoms with Crippen LogP contribution in [0.4, 0.5) is 0 Å². The molecule has 0 spiro atoms. The van der Waals surface area contributed by atoms with Crippen molar-refractivity contribution >= 4 is 0 Å². The summed E-state index contributed by atoms with van der Waals surface area (Å²) in [5, 5.41) is 8.14. The Hall–Kier alpha value is -2.08. The van der Waals surface area contributed by atoms with Gasteiger partial charge in [0.05, 0.1) is 19.3 Å². The second-order valence-corrected chi connectivity index (χ2v) is 4.39. The molecule has 0 radical (unpaired) electrons. The molecule has 0 atom stereocenters. The summed E-state index contributed by atoms with van der Waals surface area (Å²) in [4.78, 5) is 0. The lowest BCUT2D eigenvalue weighted by Gasteiger charge is -2.06. The van der Waals surface area contributed by atoms with Crippen molar-refractivity contribution < 1.29 is 9.47 Å². The van der Waals surface area contributed by atoms with Crippen LogP contribution in [0.25, 0.3) is 0 Å². The fourth-order valence-electron chi connectivity index (χ4n) is 1.77. The van der Waals surface area contributed by atoms with Gasteiger partial charge < -0.3 is 15.2 Å². The zero-order valence-corrected chi connectivity index (χ0v) is 11.7. The minimum absolute atomic E-state index is 0.548. The van der Waals surface area contributed by atoms with Gasteiger partial charge in [0.25, 0.3) is 0 Å². The fourth-order valence-corrected chi connectivity index (χ4v) is 1.77. The monoisotopic (exact) mass is 276 g/mol. The highest BCUT2D eigenvalue weighted by atomic mass is 16.5. The van der Waals surface area contributed by atoms with E-state index in [1.807, 2.05) is 30.5 Å². The molecule has 1 aromatic heterocycles. The molecule has 0 bridgehead atoms. The van der Waals surface area contributed by atoms with Gasteiger partial charge in [0, 0.05) is 6.20 Å². The fraction of sp³-hybridized carbons (Fsp3) is 0.429. The van der Waals surface area contributed by atoms with E-state index in [1.54, 1.807) is 11.8 Å². The first-order chi connectivity index (χ1) is 9.81. The highest BCUT2D eigenvalue weighted by Gasteiger charge is 2.01. The number of nitrogens with two attached hydrogens (primary N) is 1. The van der Waals surface area contributed by atoms with Crippen molar-refractivity contribution in [3.05, 3.63) is 36.2 Å². The molecule has 2 N–H and O–H groups in total. The van der Waals surface area contributed by atoms with Crippen molar-refractivity contribution in [1.82, 2.24) is 15.0 Å². The smallest absolute Gasteiger partial charge is 0.119 e. The van der Waals surface area contributed by atoms with Crippen LogP contribution in [0.1, 0.15) is 12.1 Å². The zero-order chi connectivity index (χ0) is 14.2. The normalized spacial score (nSPS) is 10.5. The lowest BCUT2D eigenvalue weighted by atomic mass is 10.2. The number of rotatable bonds is 8. The first-order valence-electron chi connectivity index (χ1n) is 6.68. The maximum Gasteiger partial charge on any atom is 0.119 e. The molecule has 0 aliphatic heterocycles. The van der Waals surface area contributed by atoms with Crippen LogP contribution in [0.5, 0.6) is 11.5 Å². The van der Waals surface area contributed by atoms with Crippen LogP contribution in [0, 0.1) is 0 Å². The van der Waals surface area contributed by atoms with E-state index in [4.69, 9.17) is 15.2 Å². The van der Waals surface area contributed by atoms with Crippen LogP contribution >= 0.6 is 0 Å². The highest BCUT2D eigenvalue weighted by Crippen LogP contribution is 2.16. The van der Waals surface area contributed by atoms with Crippen molar-refractivity contribution in [2.24, 2.45) is 5.73 Å². The Morgan fingerprint density at radius 1 is 1.20 bits per heavy atom. The molecule has 2 rings (SSSR count). The molecule has 0 amide bonds. The van der Waals surface area contributed by atoms with Gasteiger partial charge >= 0.3 is 0 Å². The third-order valence-electron chi connectivity index (χ3n) is 2.87. The number of hydrogen-bond acceptors (Lipinski definition) is 5. The summed E-state index contributed by atoms with van der Waals surface area (Å²) in [5.41, 5.74) is 6.44. The minimum atomic E-state index is 0.548. The quantitative estimate of drug-likeness (QED) is 0.785. The van der Waals surface area contributed by atoms with Crippen LogP contribution in [0.2, 0.25) is 0 Å². The van der Waals surface area contributed by atoms with Crippen molar-refractivity contribution in [3.63, 3.8) is 0 Å². The molecule has 1 aromatic carbocycles. The number of aryl methyl sites for hydroxylation is 1. The Balaban J connectivity index is 1.75. The van der Waals surface area contributed by atoms with Crippen molar-refractivity contribution in [2.45, 2.75) is 19.4 Å². The maximum absolute atomic E-state index is 5.64. The van der Waals surface area contributed by atoms with Gasteiger partial charge in [-0.2, -0.15) is 0 Å². The molecule has 1 heterocycles. The van der Waals surface area contributed by atoms with Crippen molar-refractivity contribution in [2.75, 3.05) is 20.3 Å². The Morgan fingerprint density at radius 3 is 2.65 bits per heavy atom. The van der Waals surface area contributed by atoms with Gasteiger partial charge in [-0.25, -0.2) is 4.68 Å². The SMILES string of the molecule is COc1ccc(OCCn2cc(CCCN)nn2)cc1. The lowest BCUT2D eigenvalue weighted by Crippen LogP contribution is -2.08. The number of methoxy groups -OCH3 is 1. The van der Waals surface area contributed by atoms with E-state index < -0.39 is 0 Å². The van der Waals surface area contributed by atoms with Gasteiger partial charge in [0.15, 0.2) is 0 Å². The molecule has 0 saturated heterocycles. The minimum Gasteiger partial charge on any atom is -0.497 e. The molecule has 0 saturated carbocycles. The second kappa shape index (κ2) is 7.49. The van der Waals surface area contributed by atoms with Crippen LogP contribution in [0.3, 0.4) is 0 Å². The van der Waals surface area contributed by atoms with Gasteiger partial charge in [0.2, 0.25) is 0 Å². The standard InChI is InChI=1S/C14H20N4O2/c1-19-13-4-6-14(7-5-13)20-10-9-18-11-12(16-17-18)3-2-8-15/h4-7,11H,2-3,8-10,15H2,1H3. The molecule has 0 fully saturated rings. The summed E-state index contributed by atoms with van der Waals surface area (Å²) in [6.07, 6.45) is 3.74. The van der Waals surface area contributed by atoms with E-state index in [0.717, 1.165) is 30.0 Å². The lowest BCUT2D eigenvalue weighted by molar-refractivity contribution is 0.289. The number of nitrogens with zero attached hydrogens (tertiary/aromatic N) is 3. The van der Waals surface area contributed by atoms with Gasteiger partial charge in [0.1, 0.15) is 18.1 Å². The first kappa shape index (κ1) is 14.3. The Morgan fingerprint density at radius 2 is 1.95 bits per heavy atom. The molecule has 0 unspecified atom stereocenters. The Bertz CT molecular complexity index is 510. The van der Waals surface area contributed by atoms with Crippen molar-refractivity contribution in [1.29, 1.82) is 0 Å². The molecular formula is C14H20N4O2. The summed E-state index contributed by atoms with van der Waals surface area (Å²) in [6, 6.07) is 7.51. The zero-order valence-electron chi connectivity index (χ0n) is 11.7. The van der Waals surface area contributed by atoms with Gasteiger partial charge in [-0.15, -0.1) is 5.10 Å². The first-order valence-corrected chi connectivity index (χ1v) is 6.68. The third kappa shape index (κ3) is 4.24. The molecule has 6 nitrogen and oxygen atoms in total. The summed E-state index contributed by atoms with van der Waals surface area (Å²) in [6.45, 7) is 1.89. The average Bonchev–Trinajstić information content (AvgIpc) is 2.94. The van der Waals surface area contributed by atoms with E-state index in [1.165, 1.54) is 0 Å². The van der Waals surface area contributed by atoms with Crippen LogP contribution < -0.4 is 15.2 Å². The maximum atomic E-state index is 5.64. The highest BCUT2D eigenvalue weighted by molar-refractivity contribution is 5.31. The average molecular weight is 276 g/mol. The number of ether oxygens (including phenoxy) is 2. The van der Waals surface area contributed by atoms with Crippen LogP contribution in [0.15, 0.2) is 30.5 Å². The third-order valence-corrected chi connectivity index (χ3v) is 2.87. The van der Waals surface area contributed by atoms with E-state index in [2.05, 4.69) is 10.3 Å². The molecule has 108 valence electrons. The molecular weight excluding hydrogens is 256 g/mol. The predicted molar refractivity (Wildman–Crippen MR) is 75.9 cm³/mol. The van der Waals surface area contributed by atoms with E-state index in [-0.39, 0.29) is 0 Å². The van der Waals surface area contributed by atoms with Crippen LogP contribution in [-0.2, 0) is 13.0 Å². The number of aromatic nitrogens is 3. The Labute approximate surface area is 118 Å². The van der Waals surface area contributed by atoms with E-state index in [0.29, 0.717) is 19.7 Å². The molecule has 20 heavy (non-hydrogen) atoms. The Kier molecular flexibility index (Phi) is 5.37. The predicted octanol–water partition coefficient (Wildman–Crippen LogP) is 1.26. The molecule has 0 aliphatic rings. The summed E-state index contributed by atoms with van der Waals surface area (Å²) in [7, 11) is 1.64. The second-order valence-electron chi connectivity index (χ2n) is 4.39. The van der Waals surface area contributed by atoms with Gasteiger partial charge in [-0.3, -0.25) is 0 Å². The van der Waals surface area contributed by atoms with E-state index in [9.17, 15) is 0 Å². The van der Waals surface area contributed by atoms with Crippen LogP contribution in [-0.4, -0.2) is 35.3 Å². The molecule has 2 aromatic rings.